The Morgan fingerprint density at radius 3 is 2.74 bits per heavy atom. The van der Waals surface area contributed by atoms with Crippen molar-refractivity contribution in [3.05, 3.63) is 66.2 Å². The van der Waals surface area contributed by atoms with Crippen molar-refractivity contribution in [1.82, 2.24) is 20.4 Å². The number of hydrogen-bond acceptors (Lipinski definition) is 7. The number of ether oxygens (including phenoxy) is 1. The molecule has 1 aliphatic rings. The first-order chi connectivity index (χ1) is 16.6. The Balaban J connectivity index is 1.34. The van der Waals surface area contributed by atoms with Crippen molar-refractivity contribution in [3.8, 4) is 17.0 Å². The van der Waals surface area contributed by atoms with Gasteiger partial charge in [0.05, 0.1) is 13.0 Å². The highest BCUT2D eigenvalue weighted by molar-refractivity contribution is 5.98. The van der Waals surface area contributed by atoms with Crippen LogP contribution in [0.2, 0.25) is 0 Å². The molecule has 1 amide bonds. The molecular formula is C25H24FN5O3. The molecule has 1 aliphatic heterocycles. The summed E-state index contributed by atoms with van der Waals surface area (Å²) in [5, 5.41) is 7.87. The van der Waals surface area contributed by atoms with Crippen LogP contribution >= 0.6 is 0 Å². The number of hydrogen-bond donors (Lipinski definition) is 1. The summed E-state index contributed by atoms with van der Waals surface area (Å²) in [4.78, 5) is 23.7. The summed E-state index contributed by atoms with van der Waals surface area (Å²) < 4.78 is 24.0. The fraction of sp³-hybridized carbons (Fsp3) is 0.280. The highest BCUT2D eigenvalue weighted by Gasteiger charge is 2.29. The van der Waals surface area contributed by atoms with Crippen LogP contribution in [0.15, 0.2) is 59.4 Å². The number of nitrogens with zero attached hydrogens (tertiary/aromatic N) is 4. The van der Waals surface area contributed by atoms with Gasteiger partial charge in [-0.3, -0.25) is 4.79 Å². The number of piperidine rings is 1. The van der Waals surface area contributed by atoms with Gasteiger partial charge in [-0.1, -0.05) is 17.3 Å². The van der Waals surface area contributed by atoms with Crippen LogP contribution < -0.4 is 15.0 Å². The quantitative estimate of drug-likeness (QED) is 0.464. The molecule has 5 rings (SSSR count). The molecule has 1 atom stereocenters. The monoisotopic (exact) mass is 461 g/mol. The third-order valence-electron chi connectivity index (χ3n) is 6.09. The van der Waals surface area contributed by atoms with Crippen molar-refractivity contribution < 1.29 is 18.4 Å². The summed E-state index contributed by atoms with van der Waals surface area (Å²) in [6, 6.07) is 13.7. The number of benzene rings is 2. The van der Waals surface area contributed by atoms with Gasteiger partial charge in [-0.2, -0.15) is 4.98 Å². The lowest BCUT2D eigenvalue weighted by atomic mass is 9.96. The number of carbonyl (C=O) groups is 1. The van der Waals surface area contributed by atoms with Gasteiger partial charge in [-0.05, 0) is 54.8 Å². The number of nitrogens with one attached hydrogen (secondary N) is 1. The van der Waals surface area contributed by atoms with Crippen LogP contribution in [0.3, 0.4) is 0 Å². The molecular weight excluding hydrogens is 437 g/mol. The van der Waals surface area contributed by atoms with E-state index < -0.39 is 0 Å². The average molecular weight is 461 g/mol. The van der Waals surface area contributed by atoms with Gasteiger partial charge in [0.2, 0.25) is 5.91 Å². The molecule has 0 unspecified atom stereocenters. The first kappa shape index (κ1) is 21.8. The molecule has 1 fully saturated rings. The van der Waals surface area contributed by atoms with Crippen LogP contribution in [-0.4, -0.2) is 41.2 Å². The second-order valence-electron chi connectivity index (χ2n) is 8.27. The van der Waals surface area contributed by atoms with Crippen LogP contribution in [0, 0.1) is 11.7 Å². The van der Waals surface area contributed by atoms with E-state index in [9.17, 15) is 9.18 Å². The number of aromatic nitrogens is 3. The molecule has 1 N–H and O–H groups in total. The smallest absolute Gasteiger partial charge is 0.263 e. The third kappa shape index (κ3) is 4.41. The fourth-order valence-electron chi connectivity index (χ4n) is 4.28. The van der Waals surface area contributed by atoms with Crippen molar-refractivity contribution in [2.45, 2.75) is 19.4 Å². The number of methoxy groups -OCH3 is 1. The van der Waals surface area contributed by atoms with Gasteiger partial charge < -0.3 is 19.5 Å². The summed E-state index contributed by atoms with van der Waals surface area (Å²) in [5.41, 5.74) is 2.63. The van der Waals surface area contributed by atoms with Crippen LogP contribution in [0.1, 0.15) is 18.4 Å². The van der Waals surface area contributed by atoms with Crippen molar-refractivity contribution >= 4 is 22.8 Å². The van der Waals surface area contributed by atoms with Crippen LogP contribution in [0.5, 0.6) is 5.75 Å². The lowest BCUT2D eigenvalue weighted by Crippen LogP contribution is -2.43. The summed E-state index contributed by atoms with van der Waals surface area (Å²) >= 11 is 0. The molecule has 2 aromatic heterocycles. The Hall–Kier alpha value is -4.01. The van der Waals surface area contributed by atoms with Gasteiger partial charge in [-0.25, -0.2) is 9.37 Å². The van der Waals surface area contributed by atoms with Gasteiger partial charge in [0.25, 0.3) is 5.71 Å². The molecule has 4 aromatic rings. The van der Waals surface area contributed by atoms with Crippen LogP contribution in [0.25, 0.3) is 22.4 Å². The molecule has 9 heteroatoms. The number of anilines is 1. The second-order valence-corrected chi connectivity index (χ2v) is 8.27. The minimum absolute atomic E-state index is 0.00916. The van der Waals surface area contributed by atoms with Crippen molar-refractivity contribution in [3.63, 3.8) is 0 Å². The van der Waals surface area contributed by atoms with E-state index in [2.05, 4.69) is 25.3 Å². The molecule has 174 valence electrons. The van der Waals surface area contributed by atoms with E-state index in [1.807, 2.05) is 24.3 Å². The van der Waals surface area contributed by atoms with Crippen LogP contribution in [-0.2, 0) is 11.3 Å². The van der Waals surface area contributed by atoms with Gasteiger partial charge in [0.1, 0.15) is 34.8 Å². The zero-order valence-electron chi connectivity index (χ0n) is 18.7. The van der Waals surface area contributed by atoms with E-state index in [1.165, 1.54) is 18.5 Å². The minimum atomic E-state index is -0.326. The lowest BCUT2D eigenvalue weighted by molar-refractivity contribution is -0.125. The molecule has 3 heterocycles. The van der Waals surface area contributed by atoms with Crippen molar-refractivity contribution in [2.75, 3.05) is 25.1 Å². The normalized spacial score (nSPS) is 15.9. The minimum Gasteiger partial charge on any atom is -0.497 e. The number of carbonyl (C=O) groups excluding carboxylic acids is 1. The molecule has 0 bridgehead atoms. The molecule has 8 nitrogen and oxygen atoms in total. The van der Waals surface area contributed by atoms with Gasteiger partial charge >= 0.3 is 0 Å². The number of fused-ring (bicyclic) bond motifs is 1. The predicted molar refractivity (Wildman–Crippen MR) is 125 cm³/mol. The molecule has 0 aliphatic carbocycles. The highest BCUT2D eigenvalue weighted by Crippen LogP contribution is 2.34. The molecule has 0 spiro atoms. The average Bonchev–Trinajstić information content (AvgIpc) is 3.32. The van der Waals surface area contributed by atoms with E-state index in [4.69, 9.17) is 9.26 Å². The summed E-state index contributed by atoms with van der Waals surface area (Å²) in [6.07, 6.45) is 3.08. The lowest BCUT2D eigenvalue weighted by Gasteiger charge is -2.33. The number of rotatable bonds is 6. The summed E-state index contributed by atoms with van der Waals surface area (Å²) in [7, 11) is 1.62. The van der Waals surface area contributed by atoms with E-state index >= 15 is 0 Å². The molecule has 34 heavy (non-hydrogen) atoms. The molecule has 2 aromatic carbocycles. The zero-order chi connectivity index (χ0) is 23.5. The van der Waals surface area contributed by atoms with E-state index in [0.29, 0.717) is 41.3 Å². The fourth-order valence-corrected chi connectivity index (χ4v) is 4.28. The largest absolute Gasteiger partial charge is 0.497 e. The maximum absolute atomic E-state index is 13.4. The third-order valence-corrected chi connectivity index (χ3v) is 6.09. The summed E-state index contributed by atoms with van der Waals surface area (Å²) in [5.74, 6) is 0.953. The first-order valence-corrected chi connectivity index (χ1v) is 11.1. The Kier molecular flexibility index (Phi) is 6.07. The van der Waals surface area contributed by atoms with E-state index in [0.717, 1.165) is 30.7 Å². The summed E-state index contributed by atoms with van der Waals surface area (Å²) in [6.45, 7) is 1.73. The maximum atomic E-state index is 13.4. The first-order valence-electron chi connectivity index (χ1n) is 11.1. The van der Waals surface area contributed by atoms with Crippen LogP contribution in [0.4, 0.5) is 10.2 Å². The SMILES string of the molecule is COc1ccc(CNC(=O)[C@H]2CCCN(c3ncnc4onc(-c5ccc(F)cc5)c34)C2)cc1. The second kappa shape index (κ2) is 9.46. The molecule has 0 saturated carbocycles. The molecule has 1 saturated heterocycles. The Labute approximate surface area is 195 Å². The number of halogens is 1. The number of amides is 1. The predicted octanol–water partition coefficient (Wildman–Crippen LogP) is 3.97. The maximum Gasteiger partial charge on any atom is 0.263 e. The Morgan fingerprint density at radius 1 is 1.18 bits per heavy atom. The highest BCUT2D eigenvalue weighted by atomic mass is 19.1. The standard InChI is InChI=1S/C25H24FN5O3/c1-33-20-10-4-16(5-11-20)13-27-24(32)18-3-2-12-31(14-18)23-21-22(17-6-8-19(26)9-7-17)30-34-25(21)29-15-28-23/h4-11,15,18H,2-3,12-14H2,1H3,(H,27,32)/t18-/m0/s1. The Bertz CT molecular complexity index is 1290. The zero-order valence-corrected chi connectivity index (χ0v) is 18.7. The van der Waals surface area contributed by atoms with Gasteiger partial charge in [0, 0.05) is 25.2 Å². The van der Waals surface area contributed by atoms with Crippen molar-refractivity contribution in [2.24, 2.45) is 5.92 Å². The molecule has 0 radical (unpaired) electrons. The van der Waals surface area contributed by atoms with E-state index in [-0.39, 0.29) is 17.6 Å². The van der Waals surface area contributed by atoms with Crippen molar-refractivity contribution in [1.29, 1.82) is 0 Å². The topological polar surface area (TPSA) is 93.4 Å². The van der Waals surface area contributed by atoms with E-state index in [1.54, 1.807) is 19.2 Å². The van der Waals surface area contributed by atoms with Gasteiger partial charge in [0.15, 0.2) is 0 Å². The van der Waals surface area contributed by atoms with Gasteiger partial charge in [-0.15, -0.1) is 0 Å². The Morgan fingerprint density at radius 2 is 1.97 bits per heavy atom.